The summed E-state index contributed by atoms with van der Waals surface area (Å²) >= 11 is 2.22. The van der Waals surface area contributed by atoms with Crippen molar-refractivity contribution in [3.8, 4) is 0 Å². The van der Waals surface area contributed by atoms with Crippen molar-refractivity contribution in [1.82, 2.24) is 10.6 Å². The third kappa shape index (κ3) is 5.55. The molecule has 0 aromatic heterocycles. The molecule has 148 valence electrons. The zero-order chi connectivity index (χ0) is 19.9. The molecule has 0 heterocycles. The molecule has 1 aliphatic rings. The fraction of sp³-hybridized carbons (Fsp3) is 0.765. The van der Waals surface area contributed by atoms with Crippen LogP contribution in [0, 0.1) is 23.7 Å². The molecule has 0 aromatic carbocycles. The van der Waals surface area contributed by atoms with Crippen molar-refractivity contribution in [3.05, 3.63) is 0 Å². The summed E-state index contributed by atoms with van der Waals surface area (Å²) in [5.74, 6) is -8.41. The predicted molar refractivity (Wildman–Crippen MR) is 103 cm³/mol. The van der Waals surface area contributed by atoms with Crippen LogP contribution in [0.2, 0.25) is 0 Å². The first-order valence-corrected chi connectivity index (χ1v) is 10.3. The van der Waals surface area contributed by atoms with Crippen molar-refractivity contribution in [2.24, 2.45) is 23.7 Å². The molecule has 9 heteroatoms. The van der Waals surface area contributed by atoms with Crippen molar-refractivity contribution in [2.45, 2.75) is 45.1 Å². The maximum absolute atomic E-state index is 12.7. The Labute approximate surface area is 166 Å². The van der Waals surface area contributed by atoms with E-state index in [1.54, 1.807) is 0 Å². The SMILES string of the molecule is CCCC(CCI)NC(=O)C1CCC(C(=O)NC)C(C(=O)O)C1C(=O)O. The number of nitrogens with one attached hydrogen (secondary N) is 2. The van der Waals surface area contributed by atoms with Gasteiger partial charge in [0, 0.05) is 17.5 Å². The molecule has 0 radical (unpaired) electrons. The lowest BCUT2D eigenvalue weighted by Gasteiger charge is -2.37. The molecule has 0 saturated heterocycles. The van der Waals surface area contributed by atoms with Crippen LogP contribution in [0.5, 0.6) is 0 Å². The largest absolute Gasteiger partial charge is 0.481 e. The van der Waals surface area contributed by atoms with E-state index >= 15 is 0 Å². The van der Waals surface area contributed by atoms with Crippen molar-refractivity contribution in [3.63, 3.8) is 0 Å². The zero-order valence-corrected chi connectivity index (χ0v) is 17.2. The van der Waals surface area contributed by atoms with Crippen LogP contribution in [0.3, 0.4) is 0 Å². The molecule has 26 heavy (non-hydrogen) atoms. The van der Waals surface area contributed by atoms with Crippen LogP contribution < -0.4 is 10.6 Å². The molecule has 1 fully saturated rings. The second kappa shape index (κ2) is 10.7. The van der Waals surface area contributed by atoms with E-state index < -0.39 is 47.4 Å². The number of hydrogen-bond donors (Lipinski definition) is 4. The third-order valence-electron chi connectivity index (χ3n) is 4.97. The minimum atomic E-state index is -1.43. The molecule has 0 spiro atoms. The molecule has 5 atom stereocenters. The summed E-state index contributed by atoms with van der Waals surface area (Å²) in [5, 5.41) is 24.4. The number of aliphatic carboxylic acids is 2. The van der Waals surface area contributed by atoms with E-state index in [1.165, 1.54) is 7.05 Å². The first-order valence-electron chi connectivity index (χ1n) is 8.81. The van der Waals surface area contributed by atoms with Crippen LogP contribution in [0.1, 0.15) is 39.0 Å². The van der Waals surface area contributed by atoms with E-state index in [4.69, 9.17) is 0 Å². The van der Waals surface area contributed by atoms with E-state index in [0.29, 0.717) is 0 Å². The zero-order valence-electron chi connectivity index (χ0n) is 15.0. The third-order valence-corrected chi connectivity index (χ3v) is 5.60. The van der Waals surface area contributed by atoms with E-state index in [0.717, 1.165) is 23.7 Å². The van der Waals surface area contributed by atoms with Crippen LogP contribution in [0.15, 0.2) is 0 Å². The molecule has 4 N–H and O–H groups in total. The smallest absolute Gasteiger partial charge is 0.308 e. The second-order valence-corrected chi connectivity index (χ2v) is 7.68. The van der Waals surface area contributed by atoms with E-state index in [-0.39, 0.29) is 18.9 Å². The molecule has 5 unspecified atom stereocenters. The molecule has 0 aromatic rings. The minimum Gasteiger partial charge on any atom is -0.481 e. The van der Waals surface area contributed by atoms with Gasteiger partial charge in [-0.2, -0.15) is 0 Å². The number of hydrogen-bond acceptors (Lipinski definition) is 4. The fourth-order valence-electron chi connectivity index (χ4n) is 3.72. The highest BCUT2D eigenvalue weighted by Crippen LogP contribution is 2.40. The van der Waals surface area contributed by atoms with Gasteiger partial charge in [-0.05, 0) is 25.7 Å². The molecular weight excluding hydrogens is 455 g/mol. The Morgan fingerprint density at radius 3 is 1.88 bits per heavy atom. The molecule has 8 nitrogen and oxygen atoms in total. The molecular formula is C17H27IN2O6. The van der Waals surface area contributed by atoms with Gasteiger partial charge in [-0.25, -0.2) is 0 Å². The monoisotopic (exact) mass is 482 g/mol. The molecule has 2 amide bonds. The number of rotatable bonds is 9. The van der Waals surface area contributed by atoms with Gasteiger partial charge in [0.1, 0.15) is 0 Å². The highest BCUT2D eigenvalue weighted by molar-refractivity contribution is 14.1. The minimum absolute atomic E-state index is 0.0567. The summed E-state index contributed by atoms with van der Waals surface area (Å²) in [4.78, 5) is 48.2. The highest BCUT2D eigenvalue weighted by Gasteiger charge is 2.52. The number of amides is 2. The number of carbonyl (C=O) groups excluding carboxylic acids is 2. The number of alkyl halides is 1. The average Bonchev–Trinajstić information content (AvgIpc) is 2.59. The van der Waals surface area contributed by atoms with Gasteiger partial charge in [-0.1, -0.05) is 35.9 Å². The number of halogens is 1. The van der Waals surface area contributed by atoms with Gasteiger partial charge in [-0.15, -0.1) is 0 Å². The van der Waals surface area contributed by atoms with E-state index in [9.17, 15) is 29.4 Å². The van der Waals surface area contributed by atoms with Gasteiger partial charge < -0.3 is 20.8 Å². The average molecular weight is 482 g/mol. The van der Waals surface area contributed by atoms with Crippen LogP contribution in [0.4, 0.5) is 0 Å². The predicted octanol–water partition coefficient (Wildman–Crippen LogP) is 1.27. The fourth-order valence-corrected chi connectivity index (χ4v) is 4.47. The van der Waals surface area contributed by atoms with Gasteiger partial charge in [-0.3, -0.25) is 19.2 Å². The molecule has 0 aliphatic heterocycles. The van der Waals surface area contributed by atoms with Crippen LogP contribution >= 0.6 is 22.6 Å². The van der Waals surface area contributed by atoms with Gasteiger partial charge in [0.25, 0.3) is 0 Å². The van der Waals surface area contributed by atoms with Crippen LogP contribution in [-0.2, 0) is 19.2 Å². The number of carboxylic acid groups (broad SMARTS) is 2. The first-order chi connectivity index (χ1) is 12.3. The first kappa shape index (κ1) is 22.7. The molecule has 1 rings (SSSR count). The summed E-state index contributed by atoms with van der Waals surface area (Å²) in [5.41, 5.74) is 0. The normalized spacial score (nSPS) is 26.6. The van der Waals surface area contributed by atoms with Gasteiger partial charge in [0.05, 0.1) is 23.7 Å². The van der Waals surface area contributed by atoms with Crippen molar-refractivity contribution >= 4 is 46.3 Å². The topological polar surface area (TPSA) is 133 Å². The quantitative estimate of drug-likeness (QED) is 0.289. The number of carbonyl (C=O) groups is 4. The Morgan fingerprint density at radius 1 is 1.00 bits per heavy atom. The van der Waals surface area contributed by atoms with Gasteiger partial charge >= 0.3 is 11.9 Å². The maximum Gasteiger partial charge on any atom is 0.308 e. The van der Waals surface area contributed by atoms with E-state index in [2.05, 4.69) is 33.2 Å². The van der Waals surface area contributed by atoms with Crippen molar-refractivity contribution in [2.75, 3.05) is 11.5 Å². The molecule has 1 saturated carbocycles. The van der Waals surface area contributed by atoms with Crippen molar-refractivity contribution < 1.29 is 29.4 Å². The summed E-state index contributed by atoms with van der Waals surface area (Å²) < 4.78 is 0.853. The Balaban J connectivity index is 3.07. The summed E-state index contributed by atoms with van der Waals surface area (Å²) in [7, 11) is 1.38. The lowest BCUT2D eigenvalue weighted by atomic mass is 9.65. The van der Waals surface area contributed by atoms with Crippen molar-refractivity contribution in [1.29, 1.82) is 0 Å². The lowest BCUT2D eigenvalue weighted by molar-refractivity contribution is -0.166. The van der Waals surface area contributed by atoms with Crippen LogP contribution in [0.25, 0.3) is 0 Å². The Hall–Kier alpha value is -1.39. The number of carboxylic acids is 2. The highest BCUT2D eigenvalue weighted by atomic mass is 127. The summed E-state index contributed by atoms with van der Waals surface area (Å²) in [6.45, 7) is 2.00. The maximum atomic E-state index is 12.7. The summed E-state index contributed by atoms with van der Waals surface area (Å²) in [6.07, 6.45) is 2.78. The Morgan fingerprint density at radius 2 is 1.50 bits per heavy atom. The Kier molecular flexibility index (Phi) is 9.31. The second-order valence-electron chi connectivity index (χ2n) is 6.60. The van der Waals surface area contributed by atoms with Gasteiger partial charge in [0.2, 0.25) is 11.8 Å². The lowest BCUT2D eigenvalue weighted by Crippen LogP contribution is -2.53. The molecule has 0 bridgehead atoms. The standard InChI is InChI=1S/C17H27IN2O6/c1-3-4-9(7-8-18)20-15(22)11-6-5-10(14(21)19-2)12(16(23)24)13(11)17(25)26/h9-13H,3-8H2,1-2H3,(H,19,21)(H,20,22)(H,23,24)(H,25,26). The summed E-state index contributed by atoms with van der Waals surface area (Å²) in [6, 6.07) is -0.0567. The van der Waals surface area contributed by atoms with Gasteiger partial charge in [0.15, 0.2) is 0 Å². The molecule has 1 aliphatic carbocycles. The van der Waals surface area contributed by atoms with E-state index in [1.807, 2.05) is 6.92 Å². The Bertz CT molecular complexity index is 535. The van der Waals surface area contributed by atoms with Crippen LogP contribution in [-0.4, -0.2) is 51.5 Å².